The molecule has 0 saturated heterocycles. The van der Waals surface area contributed by atoms with Crippen molar-refractivity contribution in [1.29, 1.82) is 0 Å². The molecule has 1 aromatic heterocycles. The number of rotatable bonds is 6. The van der Waals surface area contributed by atoms with Gasteiger partial charge in [-0.25, -0.2) is 17.9 Å². The van der Waals surface area contributed by atoms with Crippen molar-refractivity contribution < 1.29 is 17.9 Å². The monoisotopic (exact) mass is 340 g/mol. The van der Waals surface area contributed by atoms with E-state index in [0.29, 0.717) is 5.92 Å². The molecule has 114 valence electrons. The number of ether oxygens (including phenoxy) is 1. The number of nitrogens with two attached hydrogens (primary N) is 1. The lowest BCUT2D eigenvalue weighted by atomic mass is 10.2. The molecule has 0 spiro atoms. The number of esters is 1. The Balaban J connectivity index is 0.00000200. The number of hydrogen-bond donors (Lipinski definition) is 2. The molecule has 0 amide bonds. The Kier molecular flexibility index (Phi) is 5.96. The first-order valence-electron chi connectivity index (χ1n) is 5.86. The van der Waals surface area contributed by atoms with E-state index in [1.54, 1.807) is 0 Å². The highest BCUT2D eigenvalue weighted by molar-refractivity contribution is 7.89. The summed E-state index contributed by atoms with van der Waals surface area (Å²) in [7, 11) is -2.36. The average molecular weight is 341 g/mol. The summed E-state index contributed by atoms with van der Waals surface area (Å²) >= 11 is 1.04. The molecule has 1 fully saturated rings. The van der Waals surface area contributed by atoms with E-state index in [4.69, 9.17) is 5.73 Å². The normalized spacial score (nSPS) is 16.3. The van der Waals surface area contributed by atoms with Gasteiger partial charge in [0.2, 0.25) is 10.0 Å². The summed E-state index contributed by atoms with van der Waals surface area (Å²) in [6, 6.07) is 1.16. The van der Waals surface area contributed by atoms with E-state index in [9.17, 15) is 13.2 Å². The standard InChI is InChI=1S/C11H16N2O4S2.ClH/c1-17-11(14)10-4-8(6-18-10)19(15,16)13-5-9(12)7-2-3-7;/h4,6-7,9,13H,2-3,5,12H2,1H3;1H. The molecular formula is C11H17ClN2O4S2. The number of nitrogens with one attached hydrogen (secondary N) is 1. The minimum absolute atomic E-state index is 0. The summed E-state index contributed by atoms with van der Waals surface area (Å²) in [5.41, 5.74) is 5.84. The minimum atomic E-state index is -3.61. The molecule has 1 unspecified atom stereocenters. The third-order valence-corrected chi connectivity index (χ3v) is 5.47. The summed E-state index contributed by atoms with van der Waals surface area (Å²) in [5, 5.41) is 1.41. The van der Waals surface area contributed by atoms with E-state index >= 15 is 0 Å². The van der Waals surface area contributed by atoms with Crippen molar-refractivity contribution in [2.45, 2.75) is 23.8 Å². The largest absolute Gasteiger partial charge is 0.465 e. The number of carbonyl (C=O) groups is 1. The van der Waals surface area contributed by atoms with Gasteiger partial charge in [-0.3, -0.25) is 0 Å². The van der Waals surface area contributed by atoms with Crippen molar-refractivity contribution in [2.24, 2.45) is 11.7 Å². The summed E-state index contributed by atoms with van der Waals surface area (Å²) < 4.78 is 31.0. The van der Waals surface area contributed by atoms with E-state index in [1.807, 2.05) is 0 Å². The molecule has 9 heteroatoms. The fraction of sp³-hybridized carbons (Fsp3) is 0.545. The molecule has 0 aliphatic heterocycles. The second kappa shape index (κ2) is 6.86. The Hall–Kier alpha value is -0.670. The lowest BCUT2D eigenvalue weighted by molar-refractivity contribution is 0.0606. The van der Waals surface area contributed by atoms with Gasteiger partial charge in [-0.1, -0.05) is 0 Å². The van der Waals surface area contributed by atoms with E-state index in [1.165, 1.54) is 18.6 Å². The third-order valence-electron chi connectivity index (χ3n) is 3.01. The molecule has 1 heterocycles. The molecule has 2 rings (SSSR count). The van der Waals surface area contributed by atoms with Gasteiger partial charge in [-0.15, -0.1) is 23.7 Å². The Morgan fingerprint density at radius 3 is 2.80 bits per heavy atom. The Morgan fingerprint density at radius 2 is 2.25 bits per heavy atom. The average Bonchev–Trinajstić information content (AvgIpc) is 3.11. The van der Waals surface area contributed by atoms with Gasteiger partial charge in [0.1, 0.15) is 4.88 Å². The molecule has 20 heavy (non-hydrogen) atoms. The zero-order valence-corrected chi connectivity index (χ0v) is 13.3. The van der Waals surface area contributed by atoms with Crippen molar-refractivity contribution in [3.63, 3.8) is 0 Å². The van der Waals surface area contributed by atoms with E-state index in [-0.39, 0.29) is 34.8 Å². The molecular weight excluding hydrogens is 324 g/mol. The highest BCUT2D eigenvalue weighted by atomic mass is 35.5. The SMILES string of the molecule is COC(=O)c1cc(S(=O)(=O)NCC(N)C2CC2)cs1.Cl. The first kappa shape index (κ1) is 17.4. The number of sulfonamides is 1. The summed E-state index contributed by atoms with van der Waals surface area (Å²) in [5.74, 6) is -0.114. The van der Waals surface area contributed by atoms with Crippen LogP contribution in [0, 0.1) is 5.92 Å². The van der Waals surface area contributed by atoms with Gasteiger partial charge in [-0.05, 0) is 24.8 Å². The summed E-state index contributed by atoms with van der Waals surface area (Å²) in [6.07, 6.45) is 2.13. The van der Waals surface area contributed by atoms with Gasteiger partial charge in [-0.2, -0.15) is 0 Å². The van der Waals surface area contributed by atoms with Gasteiger partial charge in [0.25, 0.3) is 0 Å². The molecule has 3 N–H and O–H groups in total. The van der Waals surface area contributed by atoms with Crippen molar-refractivity contribution in [3.05, 3.63) is 16.3 Å². The molecule has 1 aromatic rings. The lowest BCUT2D eigenvalue weighted by Crippen LogP contribution is -2.38. The fourth-order valence-electron chi connectivity index (χ4n) is 1.65. The van der Waals surface area contributed by atoms with Crippen LogP contribution in [-0.4, -0.2) is 34.1 Å². The fourth-order valence-corrected chi connectivity index (χ4v) is 3.91. The molecule has 1 aliphatic rings. The quantitative estimate of drug-likeness (QED) is 0.752. The van der Waals surface area contributed by atoms with Crippen LogP contribution >= 0.6 is 23.7 Å². The van der Waals surface area contributed by atoms with Crippen molar-refractivity contribution in [1.82, 2.24) is 4.72 Å². The van der Waals surface area contributed by atoms with Gasteiger partial charge < -0.3 is 10.5 Å². The molecule has 0 radical (unpaired) electrons. The number of halogens is 1. The Labute approximate surface area is 128 Å². The van der Waals surface area contributed by atoms with Crippen LogP contribution < -0.4 is 10.5 Å². The van der Waals surface area contributed by atoms with Gasteiger partial charge in [0.15, 0.2) is 0 Å². The highest BCUT2D eigenvalue weighted by Gasteiger charge is 2.29. The predicted octanol–water partition coefficient (Wildman–Crippen LogP) is 0.972. The smallest absolute Gasteiger partial charge is 0.348 e. The maximum Gasteiger partial charge on any atom is 0.348 e. The topological polar surface area (TPSA) is 98.5 Å². The van der Waals surface area contributed by atoms with Crippen LogP contribution in [-0.2, 0) is 14.8 Å². The number of carbonyl (C=O) groups excluding carboxylic acids is 1. The van der Waals surface area contributed by atoms with Crippen molar-refractivity contribution >= 4 is 39.7 Å². The zero-order valence-electron chi connectivity index (χ0n) is 10.9. The predicted molar refractivity (Wildman–Crippen MR) is 78.8 cm³/mol. The van der Waals surface area contributed by atoms with Gasteiger partial charge in [0.05, 0.1) is 12.0 Å². The van der Waals surface area contributed by atoms with Crippen LogP contribution in [0.15, 0.2) is 16.3 Å². The summed E-state index contributed by atoms with van der Waals surface area (Å²) in [6.45, 7) is 0.219. The first-order valence-corrected chi connectivity index (χ1v) is 8.22. The maximum atomic E-state index is 12.0. The van der Waals surface area contributed by atoms with E-state index in [0.717, 1.165) is 24.2 Å². The van der Waals surface area contributed by atoms with Gasteiger partial charge in [0, 0.05) is 18.0 Å². The van der Waals surface area contributed by atoms with E-state index < -0.39 is 16.0 Å². The highest BCUT2D eigenvalue weighted by Crippen LogP contribution is 2.31. The minimum Gasteiger partial charge on any atom is -0.465 e. The van der Waals surface area contributed by atoms with Crippen LogP contribution in [0.3, 0.4) is 0 Å². The second-order valence-corrected chi connectivity index (χ2v) is 7.17. The molecule has 1 aliphatic carbocycles. The van der Waals surface area contributed by atoms with Crippen molar-refractivity contribution in [2.75, 3.05) is 13.7 Å². The number of methoxy groups -OCH3 is 1. The van der Waals surface area contributed by atoms with Gasteiger partial charge >= 0.3 is 5.97 Å². The van der Waals surface area contributed by atoms with Crippen LogP contribution in [0.2, 0.25) is 0 Å². The molecule has 1 saturated carbocycles. The van der Waals surface area contributed by atoms with Crippen LogP contribution in [0.4, 0.5) is 0 Å². The van der Waals surface area contributed by atoms with E-state index in [2.05, 4.69) is 9.46 Å². The number of thiophene rings is 1. The zero-order chi connectivity index (χ0) is 14.0. The summed E-state index contributed by atoms with van der Waals surface area (Å²) in [4.78, 5) is 11.6. The second-order valence-electron chi connectivity index (χ2n) is 4.49. The molecule has 1 atom stereocenters. The molecule has 6 nitrogen and oxygen atoms in total. The third kappa shape index (κ3) is 4.16. The molecule has 0 bridgehead atoms. The van der Waals surface area contributed by atoms with Crippen LogP contribution in [0.25, 0.3) is 0 Å². The Morgan fingerprint density at radius 1 is 1.60 bits per heavy atom. The Bertz CT molecular complexity index is 569. The number of hydrogen-bond acceptors (Lipinski definition) is 6. The van der Waals surface area contributed by atoms with Crippen molar-refractivity contribution in [3.8, 4) is 0 Å². The first-order chi connectivity index (χ1) is 8.94. The maximum absolute atomic E-state index is 12.0. The molecule has 0 aromatic carbocycles. The van der Waals surface area contributed by atoms with Crippen LogP contribution in [0.1, 0.15) is 22.5 Å². The van der Waals surface area contributed by atoms with Crippen LogP contribution in [0.5, 0.6) is 0 Å². The lowest BCUT2D eigenvalue weighted by Gasteiger charge is -2.11.